The fourth-order valence-electron chi connectivity index (χ4n) is 2.13. The first kappa shape index (κ1) is 14.3. The van der Waals surface area contributed by atoms with Gasteiger partial charge in [0.25, 0.3) is 0 Å². The van der Waals surface area contributed by atoms with Crippen LogP contribution in [0.2, 0.25) is 0 Å². The van der Waals surface area contributed by atoms with Gasteiger partial charge in [-0.2, -0.15) is 0 Å². The summed E-state index contributed by atoms with van der Waals surface area (Å²) in [4.78, 5) is 11.8. The van der Waals surface area contributed by atoms with Crippen LogP contribution in [0.4, 0.5) is 4.79 Å². The highest BCUT2D eigenvalue weighted by Gasteiger charge is 2.32. The summed E-state index contributed by atoms with van der Waals surface area (Å²) in [5.41, 5.74) is -0.103. The van der Waals surface area contributed by atoms with Crippen molar-refractivity contribution in [3.8, 4) is 0 Å². The molecule has 0 aromatic rings. The molecule has 0 aromatic heterocycles. The topological polar surface area (TPSA) is 55.6 Å². The number of hydrogen-bond acceptors (Lipinski definition) is 3. The summed E-state index contributed by atoms with van der Waals surface area (Å²) in [5.74, 6) is 5.85. The first-order chi connectivity index (χ1) is 7.61. The minimum absolute atomic E-state index is 0.123. The van der Waals surface area contributed by atoms with Crippen LogP contribution in [-0.2, 0) is 4.74 Å². The SMILES string of the molecule is CC1(C)CCC(N(N)C(=O)OC(C)(C)C)CC1. The van der Waals surface area contributed by atoms with E-state index in [9.17, 15) is 4.79 Å². The van der Waals surface area contributed by atoms with Gasteiger partial charge in [0.05, 0.1) is 6.04 Å². The first-order valence-electron chi connectivity index (χ1n) is 6.38. The molecule has 1 amide bonds. The maximum absolute atomic E-state index is 11.8. The standard InChI is InChI=1S/C13H26N2O2/c1-12(2,3)17-11(16)15(14)10-6-8-13(4,5)9-7-10/h10H,6-9,14H2,1-5H3. The molecule has 4 nitrogen and oxygen atoms in total. The van der Waals surface area contributed by atoms with Crippen LogP contribution in [0.5, 0.6) is 0 Å². The lowest BCUT2D eigenvalue weighted by atomic mass is 9.75. The molecular formula is C13H26N2O2. The molecule has 0 heterocycles. The Kier molecular flexibility index (Phi) is 4.07. The zero-order valence-corrected chi connectivity index (χ0v) is 11.7. The molecule has 4 heteroatoms. The van der Waals surface area contributed by atoms with Gasteiger partial charge in [-0.05, 0) is 51.9 Å². The monoisotopic (exact) mass is 242 g/mol. The molecule has 0 atom stereocenters. The van der Waals surface area contributed by atoms with Crippen LogP contribution in [-0.4, -0.2) is 22.7 Å². The third-order valence-corrected chi connectivity index (χ3v) is 3.31. The molecule has 2 N–H and O–H groups in total. The van der Waals surface area contributed by atoms with Crippen LogP contribution in [0.25, 0.3) is 0 Å². The van der Waals surface area contributed by atoms with Gasteiger partial charge >= 0.3 is 6.09 Å². The highest BCUT2D eigenvalue weighted by atomic mass is 16.6. The molecule has 100 valence electrons. The summed E-state index contributed by atoms with van der Waals surface area (Å²) in [6, 6.07) is 0.123. The van der Waals surface area contributed by atoms with Crippen molar-refractivity contribution in [3.63, 3.8) is 0 Å². The van der Waals surface area contributed by atoms with Crippen LogP contribution in [0.15, 0.2) is 0 Å². The molecule has 1 aliphatic carbocycles. The van der Waals surface area contributed by atoms with E-state index in [4.69, 9.17) is 10.6 Å². The van der Waals surface area contributed by atoms with E-state index in [2.05, 4.69) is 13.8 Å². The summed E-state index contributed by atoms with van der Waals surface area (Å²) in [7, 11) is 0. The third-order valence-electron chi connectivity index (χ3n) is 3.31. The molecule has 1 fully saturated rings. The van der Waals surface area contributed by atoms with Gasteiger partial charge in [-0.25, -0.2) is 15.6 Å². The number of hydrogen-bond donors (Lipinski definition) is 1. The fourth-order valence-corrected chi connectivity index (χ4v) is 2.13. The maximum atomic E-state index is 11.8. The molecule has 0 bridgehead atoms. The van der Waals surface area contributed by atoms with Gasteiger partial charge in [-0.3, -0.25) is 0 Å². The molecule has 1 rings (SSSR count). The molecule has 0 unspecified atom stereocenters. The van der Waals surface area contributed by atoms with Crippen molar-refractivity contribution in [2.24, 2.45) is 11.3 Å². The smallest absolute Gasteiger partial charge is 0.424 e. The van der Waals surface area contributed by atoms with Gasteiger partial charge in [0.2, 0.25) is 0 Å². The van der Waals surface area contributed by atoms with E-state index in [0.717, 1.165) is 25.7 Å². The number of amides is 1. The zero-order valence-electron chi connectivity index (χ0n) is 11.7. The average molecular weight is 242 g/mol. The van der Waals surface area contributed by atoms with Gasteiger partial charge in [-0.15, -0.1) is 0 Å². The number of hydrazine groups is 1. The first-order valence-corrected chi connectivity index (χ1v) is 6.38. The predicted molar refractivity (Wildman–Crippen MR) is 68.3 cm³/mol. The molecule has 0 spiro atoms. The Balaban J connectivity index is 2.49. The molecule has 0 aromatic carbocycles. The lowest BCUT2D eigenvalue weighted by molar-refractivity contribution is 0.00698. The Bertz CT molecular complexity index is 272. The Morgan fingerprint density at radius 2 is 1.76 bits per heavy atom. The van der Waals surface area contributed by atoms with E-state index in [0.29, 0.717) is 5.41 Å². The second-order valence-electron chi connectivity index (χ2n) is 6.78. The van der Waals surface area contributed by atoms with Gasteiger partial charge < -0.3 is 4.74 Å². The summed E-state index contributed by atoms with van der Waals surface area (Å²) in [6.45, 7) is 10.1. The van der Waals surface area contributed by atoms with E-state index in [-0.39, 0.29) is 6.04 Å². The van der Waals surface area contributed by atoms with Crippen molar-refractivity contribution in [1.82, 2.24) is 5.01 Å². The number of ether oxygens (including phenoxy) is 1. The Hall–Kier alpha value is -0.770. The quantitative estimate of drug-likeness (QED) is 0.437. The highest BCUT2D eigenvalue weighted by molar-refractivity contribution is 5.67. The van der Waals surface area contributed by atoms with Gasteiger partial charge in [-0.1, -0.05) is 13.8 Å². The highest BCUT2D eigenvalue weighted by Crippen LogP contribution is 2.36. The van der Waals surface area contributed by atoms with E-state index in [1.807, 2.05) is 20.8 Å². The number of nitrogens with zero attached hydrogens (tertiary/aromatic N) is 1. The lowest BCUT2D eigenvalue weighted by Gasteiger charge is -2.38. The molecule has 1 saturated carbocycles. The van der Waals surface area contributed by atoms with E-state index >= 15 is 0 Å². The maximum Gasteiger partial charge on any atom is 0.424 e. The Morgan fingerprint density at radius 3 is 2.18 bits per heavy atom. The predicted octanol–water partition coefficient (Wildman–Crippen LogP) is 3.07. The Labute approximate surface area is 104 Å². The number of carbonyl (C=O) groups excluding carboxylic acids is 1. The minimum Gasteiger partial charge on any atom is -0.443 e. The van der Waals surface area contributed by atoms with E-state index in [1.54, 1.807) is 0 Å². The van der Waals surface area contributed by atoms with Gasteiger partial charge in [0.1, 0.15) is 5.60 Å². The summed E-state index contributed by atoms with van der Waals surface area (Å²) >= 11 is 0. The number of rotatable bonds is 1. The molecule has 0 radical (unpaired) electrons. The van der Waals surface area contributed by atoms with Crippen LogP contribution in [0, 0.1) is 5.41 Å². The normalized spacial score (nSPS) is 21.1. The van der Waals surface area contributed by atoms with Gasteiger partial charge in [0, 0.05) is 0 Å². The summed E-state index contributed by atoms with van der Waals surface area (Å²) < 4.78 is 5.27. The average Bonchev–Trinajstić information content (AvgIpc) is 2.14. The molecule has 0 saturated heterocycles. The van der Waals surface area contributed by atoms with Crippen LogP contribution in [0.1, 0.15) is 60.3 Å². The summed E-state index contributed by atoms with van der Waals surface area (Å²) in [6.07, 6.45) is 3.72. The minimum atomic E-state index is -0.483. The Morgan fingerprint density at radius 1 is 1.29 bits per heavy atom. The molecule has 0 aliphatic heterocycles. The van der Waals surface area contributed by atoms with Crippen LogP contribution in [0.3, 0.4) is 0 Å². The van der Waals surface area contributed by atoms with E-state index < -0.39 is 11.7 Å². The van der Waals surface area contributed by atoms with Crippen molar-refractivity contribution in [1.29, 1.82) is 0 Å². The fraction of sp³-hybridized carbons (Fsp3) is 0.923. The van der Waals surface area contributed by atoms with Crippen molar-refractivity contribution in [2.75, 3.05) is 0 Å². The van der Waals surface area contributed by atoms with Gasteiger partial charge in [0.15, 0.2) is 0 Å². The van der Waals surface area contributed by atoms with Crippen LogP contribution < -0.4 is 5.84 Å². The van der Waals surface area contributed by atoms with Crippen molar-refractivity contribution in [2.45, 2.75) is 71.9 Å². The van der Waals surface area contributed by atoms with Crippen molar-refractivity contribution in [3.05, 3.63) is 0 Å². The van der Waals surface area contributed by atoms with Crippen molar-refractivity contribution < 1.29 is 9.53 Å². The second kappa shape index (κ2) is 4.84. The molecule has 1 aliphatic rings. The van der Waals surface area contributed by atoms with Crippen LogP contribution >= 0.6 is 0 Å². The van der Waals surface area contributed by atoms with Crippen molar-refractivity contribution >= 4 is 6.09 Å². The summed E-state index contributed by atoms with van der Waals surface area (Å²) in [5, 5.41) is 1.28. The third kappa shape index (κ3) is 4.54. The number of carbonyl (C=O) groups is 1. The number of nitrogens with two attached hydrogens (primary N) is 1. The lowest BCUT2D eigenvalue weighted by Crippen LogP contribution is -2.49. The second-order valence-corrected chi connectivity index (χ2v) is 6.78. The zero-order chi connectivity index (χ0) is 13.3. The largest absolute Gasteiger partial charge is 0.443 e. The molecular weight excluding hydrogens is 216 g/mol. The molecule has 17 heavy (non-hydrogen) atoms. The van der Waals surface area contributed by atoms with E-state index in [1.165, 1.54) is 5.01 Å².